The first-order chi connectivity index (χ1) is 7.28. The fourth-order valence-corrected chi connectivity index (χ4v) is 1.43. The van der Waals surface area contributed by atoms with E-state index in [-0.39, 0.29) is 11.4 Å². The Labute approximate surface area is 95.0 Å². The third kappa shape index (κ3) is 2.55. The van der Waals surface area contributed by atoms with Crippen LogP contribution in [0.1, 0.15) is 25.5 Å². The summed E-state index contributed by atoms with van der Waals surface area (Å²) in [6.45, 7) is 1.91. The third-order valence-corrected chi connectivity index (χ3v) is 2.59. The molecule has 88 valence electrons. The summed E-state index contributed by atoms with van der Waals surface area (Å²) in [4.78, 5) is 6.86. The molecule has 0 atom stereocenters. The average Bonchev–Trinajstić information content (AvgIpc) is 2.80. The highest BCUT2D eigenvalue weighted by Crippen LogP contribution is 2.38. The van der Waals surface area contributed by atoms with Gasteiger partial charge in [0.05, 0.1) is 0 Å². The van der Waals surface area contributed by atoms with Crippen molar-refractivity contribution in [1.82, 2.24) is 9.97 Å². The van der Waals surface area contributed by atoms with Gasteiger partial charge in [0.15, 0.2) is 5.69 Å². The summed E-state index contributed by atoms with van der Waals surface area (Å²) >= 11 is 5.44. The molecule has 16 heavy (non-hydrogen) atoms. The Kier molecular flexibility index (Phi) is 2.49. The molecule has 1 aliphatic rings. The maximum absolute atomic E-state index is 12.4. The maximum Gasteiger partial charge on any atom is 0.433 e. The van der Waals surface area contributed by atoms with Gasteiger partial charge in [-0.1, -0.05) is 0 Å². The second kappa shape index (κ2) is 3.48. The molecule has 1 N–H and O–H groups in total. The molecular formula is C9H9ClF3N3. The van der Waals surface area contributed by atoms with E-state index in [0.717, 1.165) is 18.9 Å². The van der Waals surface area contributed by atoms with Crippen molar-refractivity contribution in [2.24, 2.45) is 0 Å². The van der Waals surface area contributed by atoms with E-state index < -0.39 is 17.2 Å². The number of nitrogens with one attached hydrogen (secondary N) is 1. The van der Waals surface area contributed by atoms with E-state index in [4.69, 9.17) is 11.6 Å². The van der Waals surface area contributed by atoms with Crippen molar-refractivity contribution in [1.29, 1.82) is 0 Å². The Balaban J connectivity index is 2.29. The summed E-state index contributed by atoms with van der Waals surface area (Å²) in [6, 6.07) is 0.870. The van der Waals surface area contributed by atoms with Crippen LogP contribution < -0.4 is 5.32 Å². The van der Waals surface area contributed by atoms with E-state index in [9.17, 15) is 13.2 Å². The Bertz CT molecular complexity index is 415. The van der Waals surface area contributed by atoms with Crippen molar-refractivity contribution in [3.63, 3.8) is 0 Å². The summed E-state index contributed by atoms with van der Waals surface area (Å²) in [7, 11) is 0. The zero-order valence-electron chi connectivity index (χ0n) is 8.40. The summed E-state index contributed by atoms with van der Waals surface area (Å²) in [5.74, 6) is 0.118. The number of hydrogen-bond acceptors (Lipinski definition) is 3. The molecule has 0 saturated heterocycles. The third-order valence-electron chi connectivity index (χ3n) is 2.42. The average molecular weight is 252 g/mol. The second-order valence-corrected chi connectivity index (χ2v) is 4.43. The van der Waals surface area contributed by atoms with Crippen LogP contribution in [0.2, 0.25) is 5.28 Å². The molecule has 0 bridgehead atoms. The standard InChI is InChI=1S/C9H9ClF3N3/c1-8(2-3-8)16-6-4-5(9(11,12)13)14-7(10)15-6/h4H,2-3H2,1H3,(H,14,15,16). The molecule has 0 aromatic carbocycles. The van der Waals surface area contributed by atoms with Crippen molar-refractivity contribution in [2.75, 3.05) is 5.32 Å². The fourth-order valence-electron chi connectivity index (χ4n) is 1.25. The maximum atomic E-state index is 12.4. The molecule has 0 spiro atoms. The van der Waals surface area contributed by atoms with Gasteiger partial charge in [0, 0.05) is 11.6 Å². The van der Waals surface area contributed by atoms with Crippen molar-refractivity contribution in [3.8, 4) is 0 Å². The van der Waals surface area contributed by atoms with Crippen LogP contribution in [-0.2, 0) is 6.18 Å². The first-order valence-corrected chi connectivity index (χ1v) is 5.06. The van der Waals surface area contributed by atoms with Gasteiger partial charge in [0.25, 0.3) is 0 Å². The molecule has 1 aromatic rings. The van der Waals surface area contributed by atoms with E-state index in [1.165, 1.54) is 0 Å². The van der Waals surface area contributed by atoms with Crippen LogP contribution >= 0.6 is 11.6 Å². The zero-order chi connectivity index (χ0) is 12.0. The molecule has 0 unspecified atom stereocenters. The van der Waals surface area contributed by atoms with Crippen molar-refractivity contribution < 1.29 is 13.2 Å². The largest absolute Gasteiger partial charge is 0.433 e. The summed E-state index contributed by atoms with van der Waals surface area (Å²) < 4.78 is 37.3. The normalized spacial score (nSPS) is 18.3. The summed E-state index contributed by atoms with van der Waals surface area (Å²) in [5.41, 5.74) is -1.18. The molecule has 1 heterocycles. The van der Waals surface area contributed by atoms with E-state index >= 15 is 0 Å². The van der Waals surface area contributed by atoms with Gasteiger partial charge in [-0.25, -0.2) is 9.97 Å². The molecule has 3 nitrogen and oxygen atoms in total. The topological polar surface area (TPSA) is 37.8 Å². The number of alkyl halides is 3. The number of aromatic nitrogens is 2. The molecule has 0 radical (unpaired) electrons. The van der Waals surface area contributed by atoms with Crippen LogP contribution in [-0.4, -0.2) is 15.5 Å². The van der Waals surface area contributed by atoms with Crippen molar-refractivity contribution in [2.45, 2.75) is 31.5 Å². The monoisotopic (exact) mass is 251 g/mol. The quantitative estimate of drug-likeness (QED) is 0.821. The lowest BCUT2D eigenvalue weighted by atomic mass is 10.3. The molecule has 0 amide bonds. The number of rotatable bonds is 2. The van der Waals surface area contributed by atoms with E-state index in [1.54, 1.807) is 0 Å². The van der Waals surface area contributed by atoms with E-state index in [0.29, 0.717) is 0 Å². The molecule has 1 saturated carbocycles. The zero-order valence-corrected chi connectivity index (χ0v) is 9.15. The molecule has 1 aromatic heterocycles. The Morgan fingerprint density at radius 3 is 2.50 bits per heavy atom. The van der Waals surface area contributed by atoms with Crippen LogP contribution in [0.15, 0.2) is 6.07 Å². The van der Waals surface area contributed by atoms with Crippen LogP contribution in [0.4, 0.5) is 19.0 Å². The highest BCUT2D eigenvalue weighted by Gasteiger charge is 2.39. The number of halogens is 4. The fraction of sp³-hybridized carbons (Fsp3) is 0.556. The van der Waals surface area contributed by atoms with Gasteiger partial charge in [0.2, 0.25) is 5.28 Å². The van der Waals surface area contributed by atoms with Crippen LogP contribution in [0.25, 0.3) is 0 Å². The van der Waals surface area contributed by atoms with Gasteiger partial charge in [0.1, 0.15) is 5.82 Å². The Hall–Kier alpha value is -1.04. The van der Waals surface area contributed by atoms with Gasteiger partial charge in [-0.15, -0.1) is 0 Å². The molecule has 7 heteroatoms. The Morgan fingerprint density at radius 2 is 2.00 bits per heavy atom. The lowest BCUT2D eigenvalue weighted by molar-refractivity contribution is -0.141. The van der Waals surface area contributed by atoms with Gasteiger partial charge >= 0.3 is 6.18 Å². The van der Waals surface area contributed by atoms with E-state index in [1.807, 2.05) is 6.92 Å². The van der Waals surface area contributed by atoms with Gasteiger partial charge in [-0.05, 0) is 31.4 Å². The first kappa shape index (κ1) is 11.4. The van der Waals surface area contributed by atoms with Gasteiger partial charge < -0.3 is 5.32 Å². The minimum atomic E-state index is -4.51. The predicted molar refractivity (Wildman–Crippen MR) is 53.3 cm³/mol. The van der Waals surface area contributed by atoms with Crippen molar-refractivity contribution >= 4 is 17.4 Å². The second-order valence-electron chi connectivity index (χ2n) is 4.09. The minimum Gasteiger partial charge on any atom is -0.365 e. The van der Waals surface area contributed by atoms with Gasteiger partial charge in [-0.2, -0.15) is 13.2 Å². The highest BCUT2D eigenvalue weighted by atomic mass is 35.5. The highest BCUT2D eigenvalue weighted by molar-refractivity contribution is 6.28. The molecular weight excluding hydrogens is 243 g/mol. The smallest absolute Gasteiger partial charge is 0.365 e. The number of hydrogen-bond donors (Lipinski definition) is 1. The minimum absolute atomic E-state index is 0.118. The lowest BCUT2D eigenvalue weighted by Crippen LogP contribution is -2.18. The molecule has 2 rings (SSSR count). The SMILES string of the molecule is CC1(Nc2cc(C(F)(F)F)nc(Cl)n2)CC1. The number of anilines is 1. The molecule has 1 aliphatic carbocycles. The lowest BCUT2D eigenvalue weighted by Gasteiger charge is -2.13. The Morgan fingerprint density at radius 1 is 1.38 bits per heavy atom. The summed E-state index contributed by atoms with van der Waals surface area (Å²) in [6.07, 6.45) is -2.68. The van der Waals surface area contributed by atoms with Crippen LogP contribution in [0.5, 0.6) is 0 Å². The van der Waals surface area contributed by atoms with Crippen molar-refractivity contribution in [3.05, 3.63) is 17.0 Å². The molecule has 1 fully saturated rings. The van der Waals surface area contributed by atoms with E-state index in [2.05, 4.69) is 15.3 Å². The molecule has 0 aliphatic heterocycles. The first-order valence-electron chi connectivity index (χ1n) is 4.68. The van der Waals surface area contributed by atoms with Crippen LogP contribution in [0.3, 0.4) is 0 Å². The van der Waals surface area contributed by atoms with Crippen LogP contribution in [0, 0.1) is 0 Å². The number of nitrogens with zero attached hydrogens (tertiary/aromatic N) is 2. The van der Waals surface area contributed by atoms with Gasteiger partial charge in [-0.3, -0.25) is 0 Å². The predicted octanol–water partition coefficient (Wildman–Crippen LogP) is 3.11. The summed E-state index contributed by atoms with van der Waals surface area (Å²) in [5, 5.41) is 2.51.